The van der Waals surface area contributed by atoms with Crippen molar-refractivity contribution in [1.82, 2.24) is 0 Å². The number of nitrogens with one attached hydrogen (secondary N) is 2. The van der Waals surface area contributed by atoms with Gasteiger partial charge in [-0.05, 0) is 48.9 Å². The first kappa shape index (κ1) is 18.3. The third-order valence-corrected chi connectivity index (χ3v) is 3.98. The lowest BCUT2D eigenvalue weighted by Crippen LogP contribution is -2.34. The molecule has 0 fully saturated rings. The van der Waals surface area contributed by atoms with Gasteiger partial charge in [0.25, 0.3) is 5.91 Å². The zero-order chi connectivity index (χ0) is 19.4. The van der Waals surface area contributed by atoms with Crippen LogP contribution in [0.2, 0.25) is 0 Å². The van der Waals surface area contributed by atoms with Crippen molar-refractivity contribution in [2.45, 2.75) is 13.0 Å². The molecule has 140 valence electrons. The van der Waals surface area contributed by atoms with Crippen LogP contribution in [0.1, 0.15) is 12.5 Å². The van der Waals surface area contributed by atoms with Gasteiger partial charge >= 0.3 is 0 Å². The summed E-state index contributed by atoms with van der Waals surface area (Å²) in [4.78, 5) is 23.9. The maximum Gasteiger partial charge on any atom is 0.265 e. The van der Waals surface area contributed by atoms with Gasteiger partial charge in [-0.1, -0.05) is 0 Å². The molecule has 7 heteroatoms. The average Bonchev–Trinajstić information content (AvgIpc) is 2.67. The Morgan fingerprint density at radius 2 is 1.85 bits per heavy atom. The van der Waals surface area contributed by atoms with Crippen LogP contribution in [-0.2, 0) is 9.59 Å². The summed E-state index contributed by atoms with van der Waals surface area (Å²) in [7, 11) is 3.13. The lowest BCUT2D eigenvalue weighted by molar-refractivity contribution is -0.122. The number of methoxy groups -OCH3 is 2. The van der Waals surface area contributed by atoms with Gasteiger partial charge in [0, 0.05) is 17.8 Å². The van der Waals surface area contributed by atoms with Crippen molar-refractivity contribution in [2.24, 2.45) is 0 Å². The zero-order valence-corrected chi connectivity index (χ0v) is 15.2. The standard InChI is InChI=1S/C20H20N2O5/c1-12-20(24)22-17-10-14(5-6-18(17)27-12)21-19(23)7-4-13-8-15(25-2)11-16(9-13)26-3/h4-12H,1-3H3,(H,21,23)(H,22,24)/b7-4+/t12-/m1/s1. The molecule has 2 aromatic rings. The van der Waals surface area contributed by atoms with E-state index in [9.17, 15) is 9.59 Å². The summed E-state index contributed by atoms with van der Waals surface area (Å²) in [5, 5.41) is 5.50. The fourth-order valence-corrected chi connectivity index (χ4v) is 2.57. The Morgan fingerprint density at radius 1 is 1.15 bits per heavy atom. The van der Waals surface area contributed by atoms with Gasteiger partial charge in [-0.2, -0.15) is 0 Å². The highest BCUT2D eigenvalue weighted by atomic mass is 16.5. The summed E-state index contributed by atoms with van der Waals surface area (Å²) in [5.74, 6) is 1.30. The topological polar surface area (TPSA) is 85.9 Å². The van der Waals surface area contributed by atoms with E-state index in [0.717, 1.165) is 5.56 Å². The van der Waals surface area contributed by atoms with Crippen LogP contribution in [0, 0.1) is 0 Å². The molecule has 1 aliphatic heterocycles. The average molecular weight is 368 g/mol. The Balaban J connectivity index is 1.70. The van der Waals surface area contributed by atoms with E-state index in [1.807, 2.05) is 0 Å². The van der Waals surface area contributed by atoms with Gasteiger partial charge in [-0.3, -0.25) is 9.59 Å². The first-order chi connectivity index (χ1) is 13.0. The summed E-state index contributed by atoms with van der Waals surface area (Å²) in [6.07, 6.45) is 2.52. The highest BCUT2D eigenvalue weighted by Gasteiger charge is 2.23. The van der Waals surface area contributed by atoms with Gasteiger partial charge < -0.3 is 24.8 Å². The van der Waals surface area contributed by atoms with Crippen LogP contribution in [0.3, 0.4) is 0 Å². The predicted molar refractivity (Wildman–Crippen MR) is 102 cm³/mol. The lowest BCUT2D eigenvalue weighted by Gasteiger charge is -2.23. The molecule has 3 rings (SSSR count). The molecule has 1 heterocycles. The Hall–Kier alpha value is -3.48. The van der Waals surface area contributed by atoms with E-state index in [-0.39, 0.29) is 11.8 Å². The van der Waals surface area contributed by atoms with Gasteiger partial charge in [0.2, 0.25) is 5.91 Å². The van der Waals surface area contributed by atoms with E-state index >= 15 is 0 Å². The molecule has 0 saturated carbocycles. The molecule has 2 amide bonds. The smallest absolute Gasteiger partial charge is 0.265 e. The maximum absolute atomic E-state index is 12.2. The Kier molecular flexibility index (Phi) is 5.30. The number of carbonyl (C=O) groups excluding carboxylic acids is 2. The van der Waals surface area contributed by atoms with Crippen LogP contribution in [0.5, 0.6) is 17.2 Å². The molecule has 0 aromatic heterocycles. The second-order valence-electron chi connectivity index (χ2n) is 5.93. The molecule has 0 aliphatic carbocycles. The predicted octanol–water partition coefficient (Wildman–Crippen LogP) is 3.08. The molecular formula is C20H20N2O5. The van der Waals surface area contributed by atoms with E-state index in [1.54, 1.807) is 63.6 Å². The van der Waals surface area contributed by atoms with Crippen LogP contribution in [0.25, 0.3) is 6.08 Å². The van der Waals surface area contributed by atoms with Gasteiger partial charge in [0.05, 0.1) is 19.9 Å². The number of amides is 2. The Morgan fingerprint density at radius 3 is 2.52 bits per heavy atom. The number of carbonyl (C=O) groups is 2. The van der Waals surface area contributed by atoms with Gasteiger partial charge in [-0.15, -0.1) is 0 Å². The number of hydrogen-bond acceptors (Lipinski definition) is 5. The molecule has 2 aromatic carbocycles. The van der Waals surface area contributed by atoms with Crippen LogP contribution in [0.15, 0.2) is 42.5 Å². The number of fused-ring (bicyclic) bond motifs is 1. The van der Waals surface area contributed by atoms with Crippen LogP contribution >= 0.6 is 0 Å². The summed E-state index contributed by atoms with van der Waals surface area (Å²) in [5.41, 5.74) is 1.84. The van der Waals surface area contributed by atoms with Crippen molar-refractivity contribution in [3.8, 4) is 17.2 Å². The molecule has 1 atom stereocenters. The van der Waals surface area contributed by atoms with Crippen molar-refractivity contribution in [3.63, 3.8) is 0 Å². The summed E-state index contributed by atoms with van der Waals surface area (Å²) >= 11 is 0. The third-order valence-electron chi connectivity index (χ3n) is 3.98. The van der Waals surface area contributed by atoms with E-state index in [1.165, 1.54) is 6.08 Å². The van der Waals surface area contributed by atoms with E-state index in [2.05, 4.69) is 10.6 Å². The molecular weight excluding hydrogens is 348 g/mol. The quantitative estimate of drug-likeness (QED) is 0.792. The fraction of sp³-hybridized carbons (Fsp3) is 0.200. The van der Waals surface area contributed by atoms with Crippen molar-refractivity contribution < 1.29 is 23.8 Å². The van der Waals surface area contributed by atoms with E-state index in [4.69, 9.17) is 14.2 Å². The normalized spacial score (nSPS) is 15.5. The van der Waals surface area contributed by atoms with Crippen molar-refractivity contribution in [1.29, 1.82) is 0 Å². The second-order valence-corrected chi connectivity index (χ2v) is 5.93. The fourth-order valence-electron chi connectivity index (χ4n) is 2.57. The molecule has 7 nitrogen and oxygen atoms in total. The minimum atomic E-state index is -0.541. The first-order valence-electron chi connectivity index (χ1n) is 8.32. The number of rotatable bonds is 5. The minimum Gasteiger partial charge on any atom is -0.497 e. The van der Waals surface area contributed by atoms with Crippen LogP contribution < -0.4 is 24.8 Å². The zero-order valence-electron chi connectivity index (χ0n) is 15.2. The Labute approximate surface area is 156 Å². The monoisotopic (exact) mass is 368 g/mol. The maximum atomic E-state index is 12.2. The minimum absolute atomic E-state index is 0.224. The second kappa shape index (κ2) is 7.82. The molecule has 0 bridgehead atoms. The van der Waals surface area contributed by atoms with Crippen molar-refractivity contribution >= 4 is 29.3 Å². The van der Waals surface area contributed by atoms with Gasteiger partial charge in [-0.25, -0.2) is 0 Å². The molecule has 1 aliphatic rings. The van der Waals surface area contributed by atoms with Crippen LogP contribution in [-0.4, -0.2) is 32.1 Å². The largest absolute Gasteiger partial charge is 0.497 e. The van der Waals surface area contributed by atoms with Crippen molar-refractivity contribution in [2.75, 3.05) is 24.9 Å². The summed E-state index contributed by atoms with van der Waals surface area (Å²) < 4.78 is 15.9. The molecule has 2 N–H and O–H groups in total. The summed E-state index contributed by atoms with van der Waals surface area (Å²) in [6.45, 7) is 1.67. The van der Waals surface area contributed by atoms with Crippen LogP contribution in [0.4, 0.5) is 11.4 Å². The number of benzene rings is 2. The molecule has 0 saturated heterocycles. The van der Waals surface area contributed by atoms with Gasteiger partial charge in [0.1, 0.15) is 17.2 Å². The van der Waals surface area contributed by atoms with E-state index in [0.29, 0.717) is 28.6 Å². The number of hydrogen-bond donors (Lipinski definition) is 2. The molecule has 27 heavy (non-hydrogen) atoms. The number of anilines is 2. The molecule has 0 radical (unpaired) electrons. The molecule has 0 spiro atoms. The molecule has 0 unspecified atom stereocenters. The highest BCUT2D eigenvalue weighted by Crippen LogP contribution is 2.32. The third kappa shape index (κ3) is 4.38. The van der Waals surface area contributed by atoms with Crippen molar-refractivity contribution in [3.05, 3.63) is 48.0 Å². The Bertz CT molecular complexity index is 885. The number of ether oxygens (including phenoxy) is 3. The lowest BCUT2D eigenvalue weighted by atomic mass is 10.2. The highest BCUT2D eigenvalue weighted by molar-refractivity contribution is 6.03. The van der Waals surface area contributed by atoms with E-state index < -0.39 is 6.10 Å². The SMILES string of the molecule is COc1cc(/C=C/C(=O)Nc2ccc3c(c2)NC(=O)[C@@H](C)O3)cc(OC)c1. The summed E-state index contributed by atoms with van der Waals surface area (Å²) in [6, 6.07) is 10.4. The van der Waals surface area contributed by atoms with Gasteiger partial charge in [0.15, 0.2) is 6.10 Å². The first-order valence-corrected chi connectivity index (χ1v) is 8.32.